The fraction of sp³-hybridized carbons (Fsp3) is 0.381. The minimum absolute atomic E-state index is 0.212. The summed E-state index contributed by atoms with van der Waals surface area (Å²) in [6, 6.07) is 9.97. The summed E-state index contributed by atoms with van der Waals surface area (Å²) in [7, 11) is -3.50. The number of hydrogen-bond donors (Lipinski definition) is 0. The number of ether oxygens (including phenoxy) is 1. The highest BCUT2D eigenvalue weighted by Gasteiger charge is 2.30. The molecule has 1 saturated heterocycles. The summed E-state index contributed by atoms with van der Waals surface area (Å²) >= 11 is 12.2. The van der Waals surface area contributed by atoms with Crippen molar-refractivity contribution in [1.82, 2.24) is 4.31 Å². The van der Waals surface area contributed by atoms with E-state index in [1.165, 1.54) is 0 Å². The predicted molar refractivity (Wildman–Crippen MR) is 117 cm³/mol. The highest BCUT2D eigenvalue weighted by atomic mass is 35.5. The maximum atomic E-state index is 12.9. The number of sulfonamides is 1. The van der Waals surface area contributed by atoms with Crippen LogP contribution in [0.4, 0.5) is 5.69 Å². The van der Waals surface area contributed by atoms with E-state index in [1.807, 2.05) is 0 Å². The maximum Gasteiger partial charge on any atom is 0.264 e. The van der Waals surface area contributed by atoms with Crippen LogP contribution in [0, 0.1) is 0 Å². The van der Waals surface area contributed by atoms with Crippen molar-refractivity contribution < 1.29 is 17.9 Å². The summed E-state index contributed by atoms with van der Waals surface area (Å²) in [6.07, 6.45) is 3.44. The van der Waals surface area contributed by atoms with Crippen LogP contribution in [0.2, 0.25) is 10.0 Å². The monoisotopic (exact) mass is 468 g/mol. The zero-order valence-corrected chi connectivity index (χ0v) is 18.6. The average Bonchev–Trinajstić information content (AvgIpc) is 3.17. The molecule has 1 fully saturated rings. The fourth-order valence-electron chi connectivity index (χ4n) is 3.88. The SMILES string of the molecule is O=C(COc1c(Cl)cccc1Cl)N1CCc2cc(S(=O)(=O)N3CCCCC3)ccc21. The van der Waals surface area contributed by atoms with Crippen LogP contribution in [-0.2, 0) is 21.2 Å². The normalized spacial score (nSPS) is 17.1. The molecule has 1 amide bonds. The van der Waals surface area contributed by atoms with Crippen molar-refractivity contribution in [3.8, 4) is 5.75 Å². The molecule has 9 heteroatoms. The third-order valence-electron chi connectivity index (χ3n) is 5.46. The number of fused-ring (bicyclic) bond motifs is 1. The highest BCUT2D eigenvalue weighted by molar-refractivity contribution is 7.89. The molecule has 0 aliphatic carbocycles. The molecule has 2 aromatic rings. The molecular weight excluding hydrogens is 447 g/mol. The first-order chi connectivity index (χ1) is 14.4. The first-order valence-corrected chi connectivity index (χ1v) is 12.1. The molecule has 0 unspecified atom stereocenters. The molecule has 0 aromatic heterocycles. The molecule has 4 rings (SSSR count). The van der Waals surface area contributed by atoms with Crippen molar-refractivity contribution in [3.05, 3.63) is 52.0 Å². The molecule has 0 spiro atoms. The van der Waals surface area contributed by atoms with Crippen LogP contribution in [0.15, 0.2) is 41.3 Å². The van der Waals surface area contributed by atoms with E-state index in [-0.39, 0.29) is 23.2 Å². The van der Waals surface area contributed by atoms with E-state index >= 15 is 0 Å². The van der Waals surface area contributed by atoms with Crippen molar-refractivity contribution in [2.45, 2.75) is 30.6 Å². The highest BCUT2D eigenvalue weighted by Crippen LogP contribution is 2.34. The van der Waals surface area contributed by atoms with Crippen molar-refractivity contribution >= 4 is 44.8 Å². The minimum Gasteiger partial charge on any atom is -0.481 e. The Morgan fingerprint density at radius 1 is 1.00 bits per heavy atom. The number of rotatable bonds is 5. The Labute approximate surface area is 186 Å². The quantitative estimate of drug-likeness (QED) is 0.661. The molecule has 6 nitrogen and oxygen atoms in total. The van der Waals surface area contributed by atoms with Gasteiger partial charge in [0.25, 0.3) is 5.91 Å². The summed E-state index contributed by atoms with van der Waals surface area (Å²) in [5.41, 5.74) is 1.56. The summed E-state index contributed by atoms with van der Waals surface area (Å²) in [6.45, 7) is 1.38. The number of halogens is 2. The summed E-state index contributed by atoms with van der Waals surface area (Å²) in [4.78, 5) is 14.6. The number of carbonyl (C=O) groups excluding carboxylic acids is 1. The Balaban J connectivity index is 1.49. The maximum absolute atomic E-state index is 12.9. The zero-order chi connectivity index (χ0) is 21.3. The van der Waals surface area contributed by atoms with Crippen molar-refractivity contribution in [2.24, 2.45) is 0 Å². The number of para-hydroxylation sites is 1. The molecule has 0 bridgehead atoms. The van der Waals surface area contributed by atoms with Gasteiger partial charge in [-0.15, -0.1) is 0 Å². The van der Waals surface area contributed by atoms with E-state index in [1.54, 1.807) is 45.6 Å². The average molecular weight is 469 g/mol. The van der Waals surface area contributed by atoms with Crippen LogP contribution in [0.1, 0.15) is 24.8 Å². The van der Waals surface area contributed by atoms with E-state index in [9.17, 15) is 13.2 Å². The molecule has 2 heterocycles. The molecule has 0 atom stereocenters. The first kappa shape index (κ1) is 21.4. The molecular formula is C21H22Cl2N2O4S. The van der Waals surface area contributed by atoms with Crippen LogP contribution in [-0.4, -0.2) is 44.9 Å². The number of benzene rings is 2. The second-order valence-electron chi connectivity index (χ2n) is 7.39. The number of hydrogen-bond acceptors (Lipinski definition) is 4. The van der Waals surface area contributed by atoms with E-state index < -0.39 is 10.0 Å². The topological polar surface area (TPSA) is 66.9 Å². The van der Waals surface area contributed by atoms with E-state index in [0.717, 1.165) is 24.8 Å². The lowest BCUT2D eigenvalue weighted by molar-refractivity contribution is -0.120. The fourth-order valence-corrected chi connectivity index (χ4v) is 5.96. The predicted octanol–water partition coefficient (Wildman–Crippen LogP) is 4.14. The Kier molecular flexibility index (Phi) is 6.25. The standard InChI is InChI=1S/C21H22Cl2N2O4S/c22-17-5-4-6-18(23)21(17)29-14-20(26)25-12-9-15-13-16(7-8-19(15)25)30(27,28)24-10-2-1-3-11-24/h4-8,13H,1-3,9-12,14H2. The lowest BCUT2D eigenvalue weighted by Crippen LogP contribution is -2.35. The van der Waals surface area contributed by atoms with Gasteiger partial charge >= 0.3 is 0 Å². The minimum atomic E-state index is -3.50. The van der Waals surface area contributed by atoms with E-state index in [0.29, 0.717) is 41.8 Å². The van der Waals surface area contributed by atoms with Crippen molar-refractivity contribution in [2.75, 3.05) is 31.1 Å². The Bertz CT molecular complexity index is 1050. The molecule has 2 aliphatic rings. The molecule has 0 saturated carbocycles. The Hall–Kier alpha value is -1.80. The van der Waals surface area contributed by atoms with Gasteiger partial charge in [-0.1, -0.05) is 35.7 Å². The van der Waals surface area contributed by atoms with Crippen LogP contribution < -0.4 is 9.64 Å². The van der Waals surface area contributed by atoms with Gasteiger partial charge in [0.15, 0.2) is 12.4 Å². The van der Waals surface area contributed by atoms with Gasteiger partial charge in [-0.3, -0.25) is 4.79 Å². The second-order valence-corrected chi connectivity index (χ2v) is 10.1. The number of anilines is 1. The lowest BCUT2D eigenvalue weighted by atomic mass is 10.2. The van der Waals surface area contributed by atoms with Crippen LogP contribution in [0.5, 0.6) is 5.75 Å². The number of amides is 1. The van der Waals surface area contributed by atoms with E-state index in [2.05, 4.69) is 0 Å². The van der Waals surface area contributed by atoms with Gasteiger partial charge in [0.1, 0.15) is 0 Å². The molecule has 0 radical (unpaired) electrons. The number of piperidine rings is 1. The van der Waals surface area contributed by atoms with E-state index in [4.69, 9.17) is 27.9 Å². The largest absolute Gasteiger partial charge is 0.481 e. The van der Waals surface area contributed by atoms with Gasteiger partial charge in [0.05, 0.1) is 14.9 Å². The van der Waals surface area contributed by atoms with Gasteiger partial charge in [-0.05, 0) is 55.2 Å². The summed E-state index contributed by atoms with van der Waals surface area (Å²) < 4.78 is 33.0. The molecule has 2 aromatic carbocycles. The molecule has 30 heavy (non-hydrogen) atoms. The number of nitrogens with zero attached hydrogens (tertiary/aromatic N) is 2. The van der Waals surface area contributed by atoms with Gasteiger partial charge in [0, 0.05) is 25.3 Å². The van der Waals surface area contributed by atoms with Gasteiger partial charge < -0.3 is 9.64 Å². The molecule has 2 aliphatic heterocycles. The third-order valence-corrected chi connectivity index (χ3v) is 7.95. The van der Waals surface area contributed by atoms with Crippen LogP contribution >= 0.6 is 23.2 Å². The number of carbonyl (C=O) groups is 1. The van der Waals surface area contributed by atoms with Gasteiger partial charge in [-0.25, -0.2) is 8.42 Å². The summed E-state index contributed by atoms with van der Waals surface area (Å²) in [5.74, 6) is 0.0351. The lowest BCUT2D eigenvalue weighted by Gasteiger charge is -2.26. The zero-order valence-electron chi connectivity index (χ0n) is 16.3. The van der Waals surface area contributed by atoms with Crippen molar-refractivity contribution in [1.29, 1.82) is 0 Å². The smallest absolute Gasteiger partial charge is 0.264 e. The van der Waals surface area contributed by atoms with Gasteiger partial charge in [0.2, 0.25) is 10.0 Å². The van der Waals surface area contributed by atoms with Gasteiger partial charge in [-0.2, -0.15) is 4.31 Å². The van der Waals surface area contributed by atoms with Crippen molar-refractivity contribution in [3.63, 3.8) is 0 Å². The Morgan fingerprint density at radius 3 is 2.40 bits per heavy atom. The van der Waals surface area contributed by atoms with Crippen LogP contribution in [0.25, 0.3) is 0 Å². The third kappa shape index (κ3) is 4.17. The van der Waals surface area contributed by atoms with Crippen LogP contribution in [0.3, 0.4) is 0 Å². The Morgan fingerprint density at radius 2 is 1.70 bits per heavy atom. The second kappa shape index (κ2) is 8.75. The molecule has 160 valence electrons. The molecule has 0 N–H and O–H groups in total. The summed E-state index contributed by atoms with van der Waals surface area (Å²) in [5, 5.41) is 0.675. The first-order valence-electron chi connectivity index (χ1n) is 9.88.